The van der Waals surface area contributed by atoms with Crippen molar-refractivity contribution in [2.45, 2.75) is 19.5 Å². The van der Waals surface area contributed by atoms with Crippen molar-refractivity contribution in [3.05, 3.63) is 76.0 Å². The normalized spacial score (nSPS) is 12.3. The van der Waals surface area contributed by atoms with Crippen LogP contribution >= 0.6 is 0 Å². The summed E-state index contributed by atoms with van der Waals surface area (Å²) in [6, 6.07) is 12.8. The summed E-state index contributed by atoms with van der Waals surface area (Å²) in [5.74, 6) is -1.05. The Kier molecular flexibility index (Phi) is 5.09. The summed E-state index contributed by atoms with van der Waals surface area (Å²) in [5, 5.41) is 7.06. The van der Waals surface area contributed by atoms with Crippen LogP contribution in [0.2, 0.25) is 0 Å². The van der Waals surface area contributed by atoms with E-state index in [1.165, 1.54) is 12.1 Å². The Morgan fingerprint density at radius 1 is 1.08 bits per heavy atom. The molecule has 3 N–H and O–H groups in total. The van der Waals surface area contributed by atoms with Gasteiger partial charge in [0, 0.05) is 30.6 Å². The van der Waals surface area contributed by atoms with E-state index in [0.29, 0.717) is 29.9 Å². The smallest absolute Gasteiger partial charge is 0.191 e. The number of rotatable bonds is 6. The molecule has 2 aromatic carbocycles. The quantitative estimate of drug-likeness (QED) is 0.643. The van der Waals surface area contributed by atoms with Gasteiger partial charge >= 0.3 is 0 Å². The fourth-order valence-electron chi connectivity index (χ4n) is 2.57. The lowest BCUT2D eigenvalue weighted by Gasteiger charge is -2.16. The summed E-state index contributed by atoms with van der Waals surface area (Å²) in [5.41, 5.74) is 1.41. The molecule has 0 fully saturated rings. The van der Waals surface area contributed by atoms with Crippen LogP contribution in [-0.4, -0.2) is 17.6 Å². The van der Waals surface area contributed by atoms with Gasteiger partial charge in [0.05, 0.1) is 5.52 Å². The Labute approximate surface area is 143 Å². The molecule has 25 heavy (non-hydrogen) atoms. The van der Waals surface area contributed by atoms with Crippen molar-refractivity contribution in [3.63, 3.8) is 0 Å². The van der Waals surface area contributed by atoms with Crippen molar-refractivity contribution in [1.82, 2.24) is 10.3 Å². The predicted octanol–water partition coefficient (Wildman–Crippen LogP) is 3.40. The molecule has 0 saturated heterocycles. The zero-order chi connectivity index (χ0) is 17.8. The molecule has 0 bridgehead atoms. The van der Waals surface area contributed by atoms with Gasteiger partial charge in [0.2, 0.25) is 0 Å². The first-order valence-electron chi connectivity index (χ1n) is 8.06. The second-order valence-corrected chi connectivity index (χ2v) is 6.00. The van der Waals surface area contributed by atoms with E-state index in [4.69, 9.17) is 0 Å². The van der Waals surface area contributed by atoms with Crippen LogP contribution in [0.15, 0.2) is 53.3 Å². The highest BCUT2D eigenvalue weighted by molar-refractivity contribution is 5.79. The van der Waals surface area contributed by atoms with E-state index in [0.717, 1.165) is 11.6 Å². The molecule has 1 unspecified atom stereocenters. The number of fused-ring (bicyclic) bond motifs is 1. The lowest BCUT2D eigenvalue weighted by molar-refractivity contribution is 0.503. The molecule has 0 aliphatic rings. The van der Waals surface area contributed by atoms with Gasteiger partial charge in [-0.15, -0.1) is 0 Å². The maximum atomic E-state index is 13.2. The highest BCUT2D eigenvalue weighted by atomic mass is 19.2. The predicted molar refractivity (Wildman–Crippen MR) is 95.7 cm³/mol. The maximum Gasteiger partial charge on any atom is 0.191 e. The first-order chi connectivity index (χ1) is 12.0. The minimum absolute atomic E-state index is 0.0424. The molecule has 130 valence electrons. The van der Waals surface area contributed by atoms with Crippen molar-refractivity contribution in [1.29, 1.82) is 0 Å². The van der Waals surface area contributed by atoms with E-state index in [1.54, 1.807) is 12.1 Å². The number of H-pyrrole nitrogens is 1. The number of hydrogen-bond donors (Lipinski definition) is 3. The molecular formula is C19H19F2N3O. The van der Waals surface area contributed by atoms with E-state index in [9.17, 15) is 13.6 Å². The van der Waals surface area contributed by atoms with E-state index in [1.807, 2.05) is 25.1 Å². The van der Waals surface area contributed by atoms with Gasteiger partial charge < -0.3 is 15.6 Å². The number of aromatic amines is 1. The first-order valence-corrected chi connectivity index (χ1v) is 8.06. The fraction of sp³-hybridized carbons (Fsp3) is 0.211. The van der Waals surface area contributed by atoms with Crippen molar-refractivity contribution in [2.24, 2.45) is 0 Å². The number of anilines is 1. The Morgan fingerprint density at radius 3 is 2.68 bits per heavy atom. The van der Waals surface area contributed by atoms with Crippen LogP contribution in [0, 0.1) is 11.6 Å². The number of nitrogens with one attached hydrogen (secondary N) is 3. The monoisotopic (exact) mass is 343 g/mol. The van der Waals surface area contributed by atoms with Crippen LogP contribution in [0.5, 0.6) is 0 Å². The Hall–Kier alpha value is -2.73. The molecule has 3 rings (SSSR count). The van der Waals surface area contributed by atoms with Gasteiger partial charge in [-0.2, -0.15) is 0 Å². The highest BCUT2D eigenvalue weighted by Gasteiger charge is 2.06. The van der Waals surface area contributed by atoms with E-state index < -0.39 is 11.6 Å². The minimum atomic E-state index is -0.848. The first kappa shape index (κ1) is 17.1. The van der Waals surface area contributed by atoms with Gasteiger partial charge in [0.25, 0.3) is 0 Å². The molecule has 6 heteroatoms. The Morgan fingerprint density at radius 2 is 1.88 bits per heavy atom. The number of halogens is 2. The summed E-state index contributed by atoms with van der Waals surface area (Å²) in [4.78, 5) is 15.3. The molecule has 0 radical (unpaired) electrons. The average Bonchev–Trinajstić information content (AvgIpc) is 2.61. The second kappa shape index (κ2) is 7.44. The van der Waals surface area contributed by atoms with Crippen LogP contribution in [0.1, 0.15) is 12.5 Å². The topological polar surface area (TPSA) is 56.9 Å². The van der Waals surface area contributed by atoms with Crippen molar-refractivity contribution >= 4 is 16.7 Å². The molecule has 0 aliphatic heterocycles. The number of hydrogen-bond acceptors (Lipinski definition) is 3. The lowest BCUT2D eigenvalue weighted by atomic mass is 10.2. The zero-order valence-electron chi connectivity index (χ0n) is 13.8. The summed E-state index contributed by atoms with van der Waals surface area (Å²) in [6.45, 7) is 2.96. The summed E-state index contributed by atoms with van der Waals surface area (Å²) in [6.07, 6.45) is 0. The van der Waals surface area contributed by atoms with Gasteiger partial charge in [-0.3, -0.25) is 4.79 Å². The van der Waals surface area contributed by atoms with Crippen LogP contribution in [0.25, 0.3) is 10.9 Å². The molecule has 0 spiro atoms. The van der Waals surface area contributed by atoms with E-state index in [-0.39, 0.29) is 11.5 Å². The molecule has 0 saturated carbocycles. The number of pyridine rings is 1. The van der Waals surface area contributed by atoms with Crippen LogP contribution < -0.4 is 16.1 Å². The molecule has 3 aromatic rings. The van der Waals surface area contributed by atoms with E-state index >= 15 is 0 Å². The van der Waals surface area contributed by atoms with Gasteiger partial charge in [-0.1, -0.05) is 18.2 Å². The molecule has 1 aromatic heterocycles. The third-order valence-corrected chi connectivity index (χ3v) is 3.97. The number of aromatic nitrogens is 1. The van der Waals surface area contributed by atoms with Gasteiger partial charge in [0.15, 0.2) is 17.1 Å². The van der Waals surface area contributed by atoms with Crippen LogP contribution in [-0.2, 0) is 6.54 Å². The van der Waals surface area contributed by atoms with Gasteiger partial charge in [0.1, 0.15) is 5.82 Å². The average molecular weight is 343 g/mol. The standard InChI is InChI=1S/C19H19F2N3O/c1-12(22-11-13-6-7-15(20)16(21)8-13)10-23-19-9-18(25)14-4-2-3-5-17(14)24-19/h2-9,12,22H,10-11H2,1H3,(H2,23,24,25). The summed E-state index contributed by atoms with van der Waals surface area (Å²) < 4.78 is 26.1. The van der Waals surface area contributed by atoms with Crippen molar-refractivity contribution < 1.29 is 8.78 Å². The second-order valence-electron chi connectivity index (χ2n) is 6.00. The van der Waals surface area contributed by atoms with Crippen LogP contribution in [0.3, 0.4) is 0 Å². The fourth-order valence-corrected chi connectivity index (χ4v) is 2.57. The van der Waals surface area contributed by atoms with Crippen LogP contribution in [0.4, 0.5) is 14.6 Å². The molecule has 1 atom stereocenters. The third-order valence-electron chi connectivity index (χ3n) is 3.97. The Balaban J connectivity index is 1.57. The largest absolute Gasteiger partial charge is 0.370 e. The zero-order valence-corrected chi connectivity index (χ0v) is 13.8. The summed E-state index contributed by atoms with van der Waals surface area (Å²) in [7, 11) is 0. The molecular weight excluding hydrogens is 324 g/mol. The van der Waals surface area contributed by atoms with Gasteiger partial charge in [-0.25, -0.2) is 8.78 Å². The van der Waals surface area contributed by atoms with Crippen molar-refractivity contribution in [3.8, 4) is 0 Å². The molecule has 4 nitrogen and oxygen atoms in total. The molecule has 0 amide bonds. The SMILES string of the molecule is CC(CNc1cc(=O)c2ccccc2[nH]1)NCc1ccc(F)c(F)c1. The third kappa shape index (κ3) is 4.22. The number of benzene rings is 2. The van der Waals surface area contributed by atoms with E-state index in [2.05, 4.69) is 15.6 Å². The van der Waals surface area contributed by atoms with Crippen molar-refractivity contribution in [2.75, 3.05) is 11.9 Å². The lowest BCUT2D eigenvalue weighted by Crippen LogP contribution is -2.32. The Bertz CT molecular complexity index is 939. The maximum absolute atomic E-state index is 13.2. The summed E-state index contributed by atoms with van der Waals surface area (Å²) >= 11 is 0. The van der Waals surface area contributed by atoms with Gasteiger partial charge in [-0.05, 0) is 36.8 Å². The molecule has 1 heterocycles. The minimum Gasteiger partial charge on any atom is -0.370 e. The highest BCUT2D eigenvalue weighted by Crippen LogP contribution is 2.11. The molecule has 0 aliphatic carbocycles. The number of para-hydroxylation sites is 1.